The summed E-state index contributed by atoms with van der Waals surface area (Å²) in [6, 6.07) is 0. The van der Waals surface area contributed by atoms with Crippen molar-refractivity contribution in [2.45, 2.75) is 26.7 Å². The zero-order valence-corrected chi connectivity index (χ0v) is 11.0. The Balaban J connectivity index is 3.84. The Labute approximate surface area is 105 Å². The molecule has 4 nitrogen and oxygen atoms in total. The lowest BCUT2D eigenvalue weighted by Crippen LogP contribution is -2.31. The fourth-order valence-electron chi connectivity index (χ4n) is 1.71. The van der Waals surface area contributed by atoms with Crippen LogP contribution in [0.2, 0.25) is 0 Å². The first-order chi connectivity index (χ1) is 8.13. The molecule has 0 rings (SSSR count). The normalized spacial score (nSPS) is 10.8. The summed E-state index contributed by atoms with van der Waals surface area (Å²) in [5, 5.41) is 8.63. The van der Waals surface area contributed by atoms with Gasteiger partial charge in [0.2, 0.25) is 0 Å². The molecule has 17 heavy (non-hydrogen) atoms. The van der Waals surface area contributed by atoms with Gasteiger partial charge in [-0.05, 0) is 26.1 Å². The maximum Gasteiger partial charge on any atom is 0.304 e. The van der Waals surface area contributed by atoms with Crippen LogP contribution in [0.5, 0.6) is 0 Å². The lowest BCUT2D eigenvalue weighted by molar-refractivity contribution is -0.137. The monoisotopic (exact) mass is 240 g/mol. The molecule has 98 valence electrons. The molecule has 0 amide bonds. The van der Waals surface area contributed by atoms with Gasteiger partial charge < -0.3 is 10.0 Å². The zero-order chi connectivity index (χ0) is 13.1. The van der Waals surface area contributed by atoms with Crippen molar-refractivity contribution in [3.63, 3.8) is 0 Å². The van der Waals surface area contributed by atoms with E-state index >= 15 is 0 Å². The van der Waals surface area contributed by atoms with E-state index in [9.17, 15) is 4.79 Å². The van der Waals surface area contributed by atoms with Crippen LogP contribution in [0.1, 0.15) is 26.7 Å². The van der Waals surface area contributed by atoms with E-state index in [-0.39, 0.29) is 6.42 Å². The quantitative estimate of drug-likeness (QED) is 0.581. The zero-order valence-electron chi connectivity index (χ0n) is 11.0. The summed E-state index contributed by atoms with van der Waals surface area (Å²) in [6.45, 7) is 9.39. The lowest BCUT2D eigenvalue weighted by atomic mass is 10.3. The number of carbonyl (C=O) groups is 1. The minimum atomic E-state index is -0.768. The van der Waals surface area contributed by atoms with E-state index in [2.05, 4.69) is 24.7 Å². The predicted molar refractivity (Wildman–Crippen MR) is 69.9 cm³/mol. The highest BCUT2D eigenvalue weighted by molar-refractivity contribution is 5.66. The lowest BCUT2D eigenvalue weighted by Gasteiger charge is -2.22. The maximum atomic E-state index is 10.5. The Hall–Kier alpha value is -1.05. The molecular weight excluding hydrogens is 216 g/mol. The summed E-state index contributed by atoms with van der Waals surface area (Å²) in [6.07, 6.45) is 6.46. The van der Waals surface area contributed by atoms with Gasteiger partial charge in [-0.2, -0.15) is 0 Å². The van der Waals surface area contributed by atoms with Gasteiger partial charge in [-0.15, -0.1) is 6.42 Å². The number of carboxylic acid groups (broad SMARTS) is 1. The van der Waals surface area contributed by atoms with Gasteiger partial charge in [0.15, 0.2) is 0 Å². The van der Waals surface area contributed by atoms with Crippen molar-refractivity contribution in [2.75, 3.05) is 39.3 Å². The first-order valence-electron chi connectivity index (χ1n) is 6.24. The Bertz CT molecular complexity index is 244. The van der Waals surface area contributed by atoms with Crippen LogP contribution in [0.4, 0.5) is 0 Å². The second-order valence-electron chi connectivity index (χ2n) is 4.00. The highest BCUT2D eigenvalue weighted by Gasteiger charge is 2.07. The standard InChI is InChI=1S/C13H24N2O2/c1-4-9-15(12-8-13(16)17)11-7-10-14(5-2)6-3/h1H,5-12H2,2-3H3,(H,16,17). The van der Waals surface area contributed by atoms with E-state index in [1.54, 1.807) is 0 Å². The number of hydrogen-bond donors (Lipinski definition) is 1. The van der Waals surface area contributed by atoms with Gasteiger partial charge in [0, 0.05) is 13.1 Å². The summed E-state index contributed by atoms with van der Waals surface area (Å²) in [4.78, 5) is 14.9. The fraction of sp³-hybridized carbons (Fsp3) is 0.769. The van der Waals surface area contributed by atoms with Gasteiger partial charge in [0.05, 0.1) is 13.0 Å². The third-order valence-corrected chi connectivity index (χ3v) is 2.80. The van der Waals surface area contributed by atoms with Crippen molar-refractivity contribution in [3.05, 3.63) is 0 Å². The molecule has 0 bridgehead atoms. The molecule has 0 atom stereocenters. The van der Waals surface area contributed by atoms with Crippen LogP contribution in [0.25, 0.3) is 0 Å². The molecule has 0 radical (unpaired) electrons. The minimum absolute atomic E-state index is 0.160. The SMILES string of the molecule is C#CCN(CCCN(CC)CC)CCC(=O)O. The molecule has 0 aromatic heterocycles. The number of aliphatic carboxylic acids is 1. The van der Waals surface area contributed by atoms with Crippen LogP contribution in [0, 0.1) is 12.3 Å². The van der Waals surface area contributed by atoms with Crippen LogP contribution in [0.15, 0.2) is 0 Å². The summed E-state index contributed by atoms with van der Waals surface area (Å²) >= 11 is 0. The van der Waals surface area contributed by atoms with E-state index in [1.807, 2.05) is 4.90 Å². The number of terminal acetylenes is 1. The maximum absolute atomic E-state index is 10.5. The van der Waals surface area contributed by atoms with E-state index in [0.29, 0.717) is 13.1 Å². The molecule has 1 N–H and O–H groups in total. The second-order valence-corrected chi connectivity index (χ2v) is 4.00. The van der Waals surface area contributed by atoms with E-state index in [0.717, 1.165) is 32.6 Å². The predicted octanol–water partition coefficient (Wildman–Crippen LogP) is 1.13. The highest BCUT2D eigenvalue weighted by atomic mass is 16.4. The average molecular weight is 240 g/mol. The molecule has 0 aromatic carbocycles. The van der Waals surface area contributed by atoms with Crippen molar-refractivity contribution in [3.8, 4) is 12.3 Å². The van der Waals surface area contributed by atoms with Crippen molar-refractivity contribution in [1.29, 1.82) is 0 Å². The van der Waals surface area contributed by atoms with Gasteiger partial charge in [0.25, 0.3) is 0 Å². The third-order valence-electron chi connectivity index (χ3n) is 2.80. The van der Waals surface area contributed by atoms with Gasteiger partial charge in [-0.1, -0.05) is 19.8 Å². The molecule has 0 saturated heterocycles. The van der Waals surface area contributed by atoms with Crippen molar-refractivity contribution >= 4 is 5.97 Å². The van der Waals surface area contributed by atoms with Gasteiger partial charge in [-0.3, -0.25) is 9.69 Å². The summed E-state index contributed by atoms with van der Waals surface area (Å²) in [7, 11) is 0. The second kappa shape index (κ2) is 10.1. The molecule has 0 fully saturated rings. The van der Waals surface area contributed by atoms with Crippen molar-refractivity contribution in [2.24, 2.45) is 0 Å². The van der Waals surface area contributed by atoms with Crippen molar-refractivity contribution in [1.82, 2.24) is 9.80 Å². The Morgan fingerprint density at radius 1 is 1.18 bits per heavy atom. The topological polar surface area (TPSA) is 43.8 Å². The van der Waals surface area contributed by atoms with Gasteiger partial charge in [-0.25, -0.2) is 0 Å². The first kappa shape index (κ1) is 16.0. The number of carboxylic acids is 1. The fourth-order valence-corrected chi connectivity index (χ4v) is 1.71. The molecule has 0 spiro atoms. The van der Waals surface area contributed by atoms with Gasteiger partial charge >= 0.3 is 5.97 Å². The van der Waals surface area contributed by atoms with Crippen LogP contribution in [0.3, 0.4) is 0 Å². The first-order valence-corrected chi connectivity index (χ1v) is 6.24. The minimum Gasteiger partial charge on any atom is -0.481 e. The summed E-state index contributed by atoms with van der Waals surface area (Å²) in [5.41, 5.74) is 0. The molecule has 0 heterocycles. The molecule has 0 aliphatic carbocycles. The number of hydrogen-bond acceptors (Lipinski definition) is 3. The van der Waals surface area contributed by atoms with E-state index in [1.165, 1.54) is 0 Å². The average Bonchev–Trinajstić information content (AvgIpc) is 2.31. The Kier molecular flexibility index (Phi) is 9.50. The van der Waals surface area contributed by atoms with Crippen LogP contribution in [-0.2, 0) is 4.79 Å². The number of nitrogens with zero attached hydrogens (tertiary/aromatic N) is 2. The van der Waals surface area contributed by atoms with Crippen LogP contribution < -0.4 is 0 Å². The molecule has 0 saturated carbocycles. The molecule has 0 unspecified atom stereocenters. The van der Waals surface area contributed by atoms with Gasteiger partial charge in [0.1, 0.15) is 0 Å². The third kappa shape index (κ3) is 8.73. The molecule has 0 aromatic rings. The molecular formula is C13H24N2O2. The Morgan fingerprint density at radius 2 is 1.76 bits per heavy atom. The largest absolute Gasteiger partial charge is 0.481 e. The molecule has 4 heteroatoms. The van der Waals surface area contributed by atoms with E-state index < -0.39 is 5.97 Å². The smallest absolute Gasteiger partial charge is 0.304 e. The molecule has 0 aliphatic rings. The Morgan fingerprint density at radius 3 is 2.24 bits per heavy atom. The molecule has 0 aliphatic heterocycles. The number of rotatable bonds is 10. The summed E-state index contributed by atoms with van der Waals surface area (Å²) in [5.74, 6) is 1.81. The van der Waals surface area contributed by atoms with Crippen molar-refractivity contribution < 1.29 is 9.90 Å². The summed E-state index contributed by atoms with van der Waals surface area (Å²) < 4.78 is 0. The highest BCUT2D eigenvalue weighted by Crippen LogP contribution is 1.97. The van der Waals surface area contributed by atoms with Crippen LogP contribution >= 0.6 is 0 Å². The van der Waals surface area contributed by atoms with Crippen LogP contribution in [-0.4, -0.2) is 60.1 Å². The van der Waals surface area contributed by atoms with E-state index in [4.69, 9.17) is 11.5 Å².